The summed E-state index contributed by atoms with van der Waals surface area (Å²) in [5.41, 5.74) is -3.12. The molecule has 0 saturated carbocycles. The number of nitrogens with one attached hydrogen (secondary N) is 2. The number of phenols is 2. The molecule has 4 rings (SSSR count). The zero-order valence-electron chi connectivity index (χ0n) is 16.5. The van der Waals surface area contributed by atoms with Gasteiger partial charge >= 0.3 is 19.5 Å². The van der Waals surface area contributed by atoms with Gasteiger partial charge in [-0.25, -0.2) is 4.90 Å². The third kappa shape index (κ3) is 3.24. The van der Waals surface area contributed by atoms with Crippen LogP contribution in [0, 0.1) is 0 Å². The molecule has 9 nitrogen and oxygen atoms in total. The molecule has 2 aliphatic heterocycles. The second-order valence-electron chi connectivity index (χ2n) is 7.07. The number of aliphatic carboxylic acids is 2. The molecular weight excluding hydrogens is 456 g/mol. The largest absolute Gasteiger partial charge is 2.00 e. The van der Waals surface area contributed by atoms with Crippen molar-refractivity contribution in [2.45, 2.75) is 11.3 Å². The van der Waals surface area contributed by atoms with Gasteiger partial charge in [-0.1, -0.05) is 36.4 Å². The number of carbonyl (C=O) groups excluding carboxylic acids is 2. The monoisotopic (exact) mass is 471 g/mol. The number of likely N-dealkylation sites (N-methyl/N-ethyl adjacent to an activating group) is 1. The van der Waals surface area contributed by atoms with Crippen LogP contribution in [0.1, 0.15) is 11.1 Å². The zero-order valence-corrected chi connectivity index (χ0v) is 19.4. The summed E-state index contributed by atoms with van der Waals surface area (Å²) in [6.07, 6.45) is 5.34. The summed E-state index contributed by atoms with van der Waals surface area (Å²) in [5, 5.41) is 50.3. The summed E-state index contributed by atoms with van der Waals surface area (Å²) < 4.78 is 0. The molecule has 2 unspecified atom stereocenters. The van der Waals surface area contributed by atoms with Crippen LogP contribution in [0.3, 0.4) is 0 Å². The standard InChI is InChI=1S/C21H19N3O6.Zn/c1-24(20(18(27)28)10-8-12-4-2-6-14(25)16(12)22-20)21(19(29)30)11-9-13-5-3-7-15(26)17(13)23-21;/h2-11,22-23,25-26H,1H3,(H,27,28)(H,29,30);/q;+2/p-2. The van der Waals surface area contributed by atoms with E-state index in [1.165, 1.54) is 43.5 Å². The van der Waals surface area contributed by atoms with E-state index in [4.69, 9.17) is 0 Å². The number of hydrogen-bond acceptors (Lipinski definition) is 9. The van der Waals surface area contributed by atoms with Crippen molar-refractivity contribution >= 4 is 35.5 Å². The molecule has 2 heterocycles. The number of benzene rings is 2. The quantitative estimate of drug-likeness (QED) is 0.341. The van der Waals surface area contributed by atoms with Gasteiger partial charge < -0.3 is 40.6 Å². The number of nitrogens with zero attached hydrogens (tertiary/aromatic N) is 1. The number of aromatic hydroxyl groups is 2. The van der Waals surface area contributed by atoms with Crippen molar-refractivity contribution in [2.24, 2.45) is 0 Å². The predicted octanol–water partition coefficient (Wildman–Crippen LogP) is -0.503. The minimum Gasteiger partial charge on any atom is -0.546 e. The van der Waals surface area contributed by atoms with Gasteiger partial charge in [0.05, 0.1) is 23.3 Å². The van der Waals surface area contributed by atoms with E-state index in [-0.39, 0.29) is 42.4 Å². The molecule has 2 aliphatic rings. The van der Waals surface area contributed by atoms with Gasteiger partial charge in [0.15, 0.2) is 11.3 Å². The summed E-state index contributed by atoms with van der Waals surface area (Å²) in [6.45, 7) is 0. The first-order valence-corrected chi connectivity index (χ1v) is 8.97. The van der Waals surface area contributed by atoms with E-state index in [1.54, 1.807) is 24.3 Å². The molecule has 0 aliphatic carbocycles. The first-order chi connectivity index (χ1) is 14.2. The number of carbonyl (C=O) groups is 2. The summed E-state index contributed by atoms with van der Waals surface area (Å²) in [4.78, 5) is 25.6. The number of carboxylic acid groups (broad SMARTS) is 2. The van der Waals surface area contributed by atoms with Crippen molar-refractivity contribution in [3.05, 3.63) is 59.7 Å². The minimum absolute atomic E-state index is 0. The van der Waals surface area contributed by atoms with Gasteiger partial charge in [-0.05, 0) is 31.3 Å². The van der Waals surface area contributed by atoms with E-state index in [0.29, 0.717) is 11.1 Å². The topological polar surface area (TPSA) is 148 Å². The molecule has 0 saturated heterocycles. The van der Waals surface area contributed by atoms with Crippen molar-refractivity contribution in [2.75, 3.05) is 17.7 Å². The summed E-state index contributed by atoms with van der Waals surface area (Å²) in [7, 11) is 1.25. The van der Waals surface area contributed by atoms with Gasteiger partial charge in [0, 0.05) is 11.1 Å². The molecule has 0 bridgehead atoms. The molecule has 2 aromatic carbocycles. The van der Waals surface area contributed by atoms with Gasteiger partial charge in [0.2, 0.25) is 0 Å². The van der Waals surface area contributed by atoms with Crippen LogP contribution in [0.4, 0.5) is 11.4 Å². The minimum atomic E-state index is -2.18. The molecule has 31 heavy (non-hydrogen) atoms. The number of phenolic OH excluding ortho intramolecular Hbond substituents is 2. The molecular formula is C21H17N3O6Zn. The maximum atomic E-state index is 12.3. The summed E-state index contributed by atoms with van der Waals surface area (Å²) in [6, 6.07) is 9.21. The molecule has 0 radical (unpaired) electrons. The normalized spacial score (nSPS) is 23.0. The van der Waals surface area contributed by atoms with Crippen molar-refractivity contribution in [1.82, 2.24) is 4.90 Å². The Morgan fingerprint density at radius 1 is 0.839 bits per heavy atom. The molecule has 0 spiro atoms. The van der Waals surface area contributed by atoms with Crippen LogP contribution in [-0.4, -0.2) is 45.4 Å². The SMILES string of the molecule is CN(C1(C(=O)[O-])C=Cc2cccc(O)c2N1)C1(C(=O)[O-])C=Cc2cccc(O)c2N1.[Zn+2]. The third-order valence-corrected chi connectivity index (χ3v) is 5.47. The molecule has 2 atom stereocenters. The predicted molar refractivity (Wildman–Crippen MR) is 105 cm³/mol. The van der Waals surface area contributed by atoms with Crippen molar-refractivity contribution in [3.8, 4) is 11.5 Å². The van der Waals surface area contributed by atoms with Gasteiger partial charge in [0.25, 0.3) is 0 Å². The average molecular weight is 473 g/mol. The zero-order chi connectivity index (χ0) is 21.7. The fourth-order valence-corrected chi connectivity index (χ4v) is 3.73. The molecule has 4 N–H and O–H groups in total. The van der Waals surface area contributed by atoms with Crippen molar-refractivity contribution < 1.29 is 49.5 Å². The van der Waals surface area contributed by atoms with Crippen LogP contribution in [0.2, 0.25) is 0 Å². The Morgan fingerprint density at radius 3 is 1.58 bits per heavy atom. The Hall–Kier alpha value is -3.36. The van der Waals surface area contributed by atoms with E-state index in [9.17, 15) is 30.0 Å². The molecule has 2 aromatic rings. The first kappa shape index (κ1) is 22.3. The Labute approximate surface area is 190 Å². The molecule has 154 valence electrons. The van der Waals surface area contributed by atoms with Gasteiger partial charge in [-0.3, -0.25) is 0 Å². The maximum Gasteiger partial charge on any atom is 2.00 e. The van der Waals surface area contributed by atoms with E-state index in [2.05, 4.69) is 10.6 Å². The number of rotatable bonds is 4. The summed E-state index contributed by atoms with van der Waals surface area (Å²) in [5.74, 6) is -3.75. The van der Waals surface area contributed by atoms with Gasteiger partial charge in [0.1, 0.15) is 11.5 Å². The Bertz CT molecular complexity index is 1050. The van der Waals surface area contributed by atoms with Crippen LogP contribution in [0.5, 0.6) is 11.5 Å². The smallest absolute Gasteiger partial charge is 0.546 e. The van der Waals surface area contributed by atoms with E-state index in [1.807, 2.05) is 0 Å². The fraction of sp³-hybridized carbons (Fsp3) is 0.143. The van der Waals surface area contributed by atoms with Crippen LogP contribution >= 0.6 is 0 Å². The molecule has 0 fully saturated rings. The Morgan fingerprint density at radius 2 is 1.23 bits per heavy atom. The van der Waals surface area contributed by atoms with E-state index < -0.39 is 23.3 Å². The Balaban J connectivity index is 0.00000272. The van der Waals surface area contributed by atoms with E-state index >= 15 is 0 Å². The van der Waals surface area contributed by atoms with Crippen molar-refractivity contribution in [1.29, 1.82) is 0 Å². The first-order valence-electron chi connectivity index (χ1n) is 8.97. The Kier molecular flexibility index (Phi) is 5.56. The van der Waals surface area contributed by atoms with Crippen LogP contribution in [0.25, 0.3) is 12.2 Å². The molecule has 0 amide bonds. The summed E-state index contributed by atoms with van der Waals surface area (Å²) >= 11 is 0. The molecule has 0 aromatic heterocycles. The molecule has 10 heteroatoms. The number of carboxylic acids is 2. The van der Waals surface area contributed by atoms with Gasteiger partial charge in [-0.2, -0.15) is 0 Å². The third-order valence-electron chi connectivity index (χ3n) is 5.47. The van der Waals surface area contributed by atoms with Crippen molar-refractivity contribution in [3.63, 3.8) is 0 Å². The maximum absolute atomic E-state index is 12.3. The fourth-order valence-electron chi connectivity index (χ4n) is 3.73. The van der Waals surface area contributed by atoms with E-state index in [0.717, 1.165) is 4.90 Å². The van der Waals surface area contributed by atoms with Gasteiger partial charge in [-0.15, -0.1) is 0 Å². The second kappa shape index (κ2) is 7.72. The number of para-hydroxylation sites is 2. The van der Waals surface area contributed by atoms with Crippen LogP contribution in [0.15, 0.2) is 48.6 Å². The average Bonchev–Trinajstić information content (AvgIpc) is 2.73. The number of hydrogen-bond donors (Lipinski definition) is 4. The van der Waals surface area contributed by atoms with Crippen LogP contribution < -0.4 is 20.8 Å². The van der Waals surface area contributed by atoms with Crippen LogP contribution in [-0.2, 0) is 29.1 Å². The second-order valence-corrected chi connectivity index (χ2v) is 7.07. The number of fused-ring (bicyclic) bond motifs is 2. The number of anilines is 2.